The number of aryl methyl sites for hydroxylation is 1. The standard InChI is InChI=1S/C23H26F2N8O/c1-12-29-20-17(33(12)11-18(24)25)5-13(8-26-20)15-9-27-19-16(15)10-28-22(31-19)30-14-6-23(2,7-14)21(34)32(3)4/h5,8-10,14,18H,6-7,11H2,1-4H3,(H2,27,28,30,31)/t14-,23+. The van der Waals surface area contributed by atoms with Gasteiger partial charge in [0.2, 0.25) is 11.9 Å². The zero-order valence-electron chi connectivity index (χ0n) is 19.4. The molecule has 1 aliphatic carbocycles. The van der Waals surface area contributed by atoms with Crippen LogP contribution < -0.4 is 5.32 Å². The van der Waals surface area contributed by atoms with E-state index in [0.717, 1.165) is 29.4 Å². The van der Waals surface area contributed by atoms with Crippen molar-refractivity contribution >= 4 is 34.1 Å². The highest BCUT2D eigenvalue weighted by Gasteiger charge is 2.47. The van der Waals surface area contributed by atoms with Crippen LogP contribution in [0.1, 0.15) is 25.6 Å². The van der Waals surface area contributed by atoms with E-state index >= 15 is 0 Å². The molecule has 34 heavy (non-hydrogen) atoms. The van der Waals surface area contributed by atoms with Gasteiger partial charge in [-0.05, 0) is 25.8 Å². The van der Waals surface area contributed by atoms with Crippen LogP contribution in [0.5, 0.6) is 0 Å². The fourth-order valence-electron chi connectivity index (χ4n) is 4.88. The highest BCUT2D eigenvalue weighted by atomic mass is 19.3. The van der Waals surface area contributed by atoms with Gasteiger partial charge in [-0.15, -0.1) is 0 Å². The molecule has 11 heteroatoms. The minimum Gasteiger partial charge on any atom is -0.351 e. The molecule has 0 spiro atoms. The monoisotopic (exact) mass is 468 g/mol. The van der Waals surface area contributed by atoms with Crippen LogP contribution in [0.4, 0.5) is 14.7 Å². The van der Waals surface area contributed by atoms with E-state index in [1.807, 2.05) is 19.2 Å². The van der Waals surface area contributed by atoms with Crippen LogP contribution in [0.15, 0.2) is 24.7 Å². The number of fused-ring (bicyclic) bond motifs is 2. The Labute approximate surface area is 194 Å². The van der Waals surface area contributed by atoms with E-state index in [2.05, 4.69) is 30.2 Å². The van der Waals surface area contributed by atoms with E-state index in [1.165, 1.54) is 4.57 Å². The van der Waals surface area contributed by atoms with Gasteiger partial charge in [-0.3, -0.25) is 4.79 Å². The van der Waals surface area contributed by atoms with E-state index in [1.54, 1.807) is 38.3 Å². The van der Waals surface area contributed by atoms with Gasteiger partial charge < -0.3 is 19.8 Å². The number of rotatable bonds is 6. The molecule has 9 nitrogen and oxygen atoms in total. The third kappa shape index (κ3) is 3.74. The molecule has 4 aromatic rings. The van der Waals surface area contributed by atoms with Crippen molar-refractivity contribution in [1.82, 2.24) is 34.4 Å². The molecule has 5 rings (SSSR count). The number of nitrogens with zero attached hydrogens (tertiary/aromatic N) is 6. The Kier molecular flexibility index (Phi) is 5.22. The van der Waals surface area contributed by atoms with Crippen LogP contribution in [-0.4, -0.2) is 66.9 Å². The van der Waals surface area contributed by atoms with Crippen molar-refractivity contribution in [3.63, 3.8) is 0 Å². The average Bonchev–Trinajstić information content (AvgIpc) is 3.31. The molecular weight excluding hydrogens is 442 g/mol. The minimum absolute atomic E-state index is 0.130. The Balaban J connectivity index is 1.38. The lowest BCUT2D eigenvalue weighted by Crippen LogP contribution is -2.52. The third-order valence-electron chi connectivity index (χ3n) is 6.51. The van der Waals surface area contributed by atoms with Crippen molar-refractivity contribution in [2.75, 3.05) is 19.4 Å². The number of hydrogen-bond acceptors (Lipinski definition) is 6. The maximum Gasteiger partial charge on any atom is 0.256 e. The molecular formula is C23H26F2N8O. The van der Waals surface area contributed by atoms with Crippen LogP contribution in [0.3, 0.4) is 0 Å². The molecule has 4 heterocycles. The van der Waals surface area contributed by atoms with Crippen LogP contribution >= 0.6 is 0 Å². The molecule has 0 radical (unpaired) electrons. The minimum atomic E-state index is -2.48. The summed E-state index contributed by atoms with van der Waals surface area (Å²) in [5.41, 5.74) is 2.87. The van der Waals surface area contributed by atoms with Crippen molar-refractivity contribution in [1.29, 1.82) is 0 Å². The summed E-state index contributed by atoms with van der Waals surface area (Å²) in [4.78, 5) is 34.8. The number of H-pyrrole nitrogens is 1. The van der Waals surface area contributed by atoms with Gasteiger partial charge in [0.15, 0.2) is 5.65 Å². The van der Waals surface area contributed by atoms with Gasteiger partial charge >= 0.3 is 0 Å². The number of carbonyl (C=O) groups is 1. The van der Waals surface area contributed by atoms with Crippen molar-refractivity contribution in [3.05, 3.63) is 30.5 Å². The van der Waals surface area contributed by atoms with Gasteiger partial charge in [-0.2, -0.15) is 4.98 Å². The van der Waals surface area contributed by atoms with Crippen LogP contribution in [0, 0.1) is 12.3 Å². The number of imidazole rings is 1. The Morgan fingerprint density at radius 1 is 1.29 bits per heavy atom. The fourth-order valence-corrected chi connectivity index (χ4v) is 4.88. The predicted octanol–water partition coefficient (Wildman–Crippen LogP) is 3.61. The number of halogens is 2. The molecule has 1 saturated carbocycles. The molecule has 1 fully saturated rings. The summed E-state index contributed by atoms with van der Waals surface area (Å²) in [5, 5.41) is 4.11. The Morgan fingerprint density at radius 2 is 2.06 bits per heavy atom. The molecule has 4 aromatic heterocycles. The Bertz CT molecular complexity index is 1390. The van der Waals surface area contributed by atoms with Crippen molar-refractivity contribution in [2.24, 2.45) is 5.41 Å². The van der Waals surface area contributed by atoms with E-state index in [-0.39, 0.29) is 17.4 Å². The van der Waals surface area contributed by atoms with Crippen molar-refractivity contribution in [3.8, 4) is 11.1 Å². The molecule has 1 amide bonds. The predicted molar refractivity (Wildman–Crippen MR) is 125 cm³/mol. The normalized spacial score (nSPS) is 20.1. The highest BCUT2D eigenvalue weighted by molar-refractivity contribution is 5.95. The molecule has 0 aliphatic heterocycles. The van der Waals surface area contributed by atoms with Crippen molar-refractivity contribution in [2.45, 2.75) is 45.7 Å². The Morgan fingerprint density at radius 3 is 2.76 bits per heavy atom. The van der Waals surface area contributed by atoms with Gasteiger partial charge in [0.25, 0.3) is 6.43 Å². The van der Waals surface area contributed by atoms with Gasteiger partial charge in [-0.25, -0.2) is 23.7 Å². The van der Waals surface area contributed by atoms with E-state index < -0.39 is 13.0 Å². The summed E-state index contributed by atoms with van der Waals surface area (Å²) in [5.74, 6) is 1.12. The summed E-state index contributed by atoms with van der Waals surface area (Å²) in [6.45, 7) is 3.24. The largest absolute Gasteiger partial charge is 0.351 e. The zero-order chi connectivity index (χ0) is 24.2. The highest BCUT2D eigenvalue weighted by Crippen LogP contribution is 2.43. The quantitative estimate of drug-likeness (QED) is 0.448. The van der Waals surface area contributed by atoms with Crippen LogP contribution in [-0.2, 0) is 11.3 Å². The second-order valence-corrected chi connectivity index (χ2v) is 9.40. The van der Waals surface area contributed by atoms with Crippen LogP contribution in [0.25, 0.3) is 33.3 Å². The average molecular weight is 469 g/mol. The number of aromatic amines is 1. The van der Waals surface area contributed by atoms with Gasteiger partial charge in [0, 0.05) is 55.2 Å². The number of amides is 1. The summed E-state index contributed by atoms with van der Waals surface area (Å²) in [6, 6.07) is 1.95. The first-order valence-electron chi connectivity index (χ1n) is 11.1. The molecule has 0 bridgehead atoms. The second kappa shape index (κ2) is 8.00. The lowest BCUT2D eigenvalue weighted by atomic mass is 9.66. The molecule has 0 atom stereocenters. The molecule has 2 N–H and O–H groups in total. The Hall–Kier alpha value is -3.63. The first kappa shape index (κ1) is 22.2. The molecule has 0 aromatic carbocycles. The number of pyridine rings is 1. The summed E-state index contributed by atoms with van der Waals surface area (Å²) < 4.78 is 27.6. The number of nitrogens with one attached hydrogen (secondary N) is 2. The molecule has 0 saturated heterocycles. The van der Waals surface area contributed by atoms with E-state index in [0.29, 0.717) is 28.6 Å². The molecule has 0 unspecified atom stereocenters. The van der Waals surface area contributed by atoms with E-state index in [4.69, 9.17) is 0 Å². The SMILES string of the molecule is Cc1nc2ncc(-c3c[nH]c4nc(N[C@H]5C[C@@](C)(C(=O)N(C)C)C5)ncc34)cc2n1CC(F)F. The van der Waals surface area contributed by atoms with Crippen molar-refractivity contribution < 1.29 is 13.6 Å². The fraction of sp³-hybridized carbons (Fsp3) is 0.435. The zero-order valence-corrected chi connectivity index (χ0v) is 19.4. The maximum atomic E-state index is 13.0. The van der Waals surface area contributed by atoms with Gasteiger partial charge in [0.05, 0.1) is 17.5 Å². The van der Waals surface area contributed by atoms with Gasteiger partial charge in [-0.1, -0.05) is 6.92 Å². The number of alkyl halides is 2. The number of hydrogen-bond donors (Lipinski definition) is 2. The number of carbonyl (C=O) groups excluding carboxylic acids is 1. The summed E-state index contributed by atoms with van der Waals surface area (Å²) >= 11 is 0. The summed E-state index contributed by atoms with van der Waals surface area (Å²) in [7, 11) is 3.55. The lowest BCUT2D eigenvalue weighted by Gasteiger charge is -2.45. The smallest absolute Gasteiger partial charge is 0.256 e. The summed E-state index contributed by atoms with van der Waals surface area (Å²) in [6.07, 6.45) is 4.17. The van der Waals surface area contributed by atoms with Gasteiger partial charge in [0.1, 0.15) is 11.5 Å². The first-order valence-corrected chi connectivity index (χ1v) is 11.1. The molecule has 178 valence electrons. The van der Waals surface area contributed by atoms with E-state index in [9.17, 15) is 13.6 Å². The topological polar surface area (TPSA) is 105 Å². The first-order chi connectivity index (χ1) is 16.1. The number of aromatic nitrogens is 6. The second-order valence-electron chi connectivity index (χ2n) is 9.40. The lowest BCUT2D eigenvalue weighted by molar-refractivity contribution is -0.143. The third-order valence-corrected chi connectivity index (χ3v) is 6.51. The van der Waals surface area contributed by atoms with Crippen LogP contribution in [0.2, 0.25) is 0 Å². The maximum absolute atomic E-state index is 13.0. The number of anilines is 1. The molecule has 1 aliphatic rings.